The molecule has 0 radical (unpaired) electrons. The molecule has 36 heavy (non-hydrogen) atoms. The number of imidazole rings is 2. The Hall–Kier alpha value is -2.83. The summed E-state index contributed by atoms with van der Waals surface area (Å²) in [6.07, 6.45) is 3.24. The number of H-pyrrole nitrogens is 2. The smallest absolute Gasteiger partial charge is 0.138 e. The molecule has 1 aliphatic heterocycles. The van der Waals surface area contributed by atoms with E-state index >= 15 is 0 Å². The summed E-state index contributed by atoms with van der Waals surface area (Å²) in [5.74, 6) is 1.92. The highest BCUT2D eigenvalue weighted by atomic mass is 35.5. The number of unbranched alkanes of at least 4 members (excludes halogenated alkanes) is 1. The van der Waals surface area contributed by atoms with Gasteiger partial charge in [0.05, 0.1) is 16.9 Å². The molecule has 0 spiro atoms. The molecule has 2 aromatic heterocycles. The van der Waals surface area contributed by atoms with E-state index in [-0.39, 0.29) is 5.41 Å². The van der Waals surface area contributed by atoms with Gasteiger partial charge in [0.25, 0.3) is 0 Å². The van der Waals surface area contributed by atoms with Crippen molar-refractivity contribution in [3.05, 3.63) is 64.7 Å². The maximum Gasteiger partial charge on any atom is 0.138 e. The highest BCUT2D eigenvalue weighted by molar-refractivity contribution is 6.30. The summed E-state index contributed by atoms with van der Waals surface area (Å²) in [6, 6.07) is 15.2. The van der Waals surface area contributed by atoms with Gasteiger partial charge in [0.15, 0.2) is 0 Å². The van der Waals surface area contributed by atoms with E-state index in [1.54, 1.807) is 0 Å². The fourth-order valence-electron chi connectivity index (χ4n) is 4.90. The Bertz CT molecular complexity index is 1310. The molecular formula is C29H37ClN6. The predicted octanol–water partition coefficient (Wildman–Crippen LogP) is 6.57. The normalized spacial score (nSPS) is 15.2. The van der Waals surface area contributed by atoms with Gasteiger partial charge in [-0.05, 0) is 29.5 Å². The molecule has 3 heterocycles. The number of rotatable bonds is 7. The van der Waals surface area contributed by atoms with Gasteiger partial charge < -0.3 is 14.9 Å². The van der Waals surface area contributed by atoms with Crippen molar-refractivity contribution < 1.29 is 0 Å². The summed E-state index contributed by atoms with van der Waals surface area (Å²) < 4.78 is 0. The summed E-state index contributed by atoms with van der Waals surface area (Å²) in [7, 11) is 0. The molecule has 1 fully saturated rings. The second kappa shape index (κ2) is 10.3. The van der Waals surface area contributed by atoms with E-state index in [2.05, 4.69) is 89.9 Å². The highest BCUT2D eigenvalue weighted by Gasteiger charge is 2.22. The van der Waals surface area contributed by atoms with Crippen LogP contribution in [0.2, 0.25) is 5.15 Å². The molecule has 2 aromatic carbocycles. The maximum absolute atomic E-state index is 6.45. The Morgan fingerprint density at radius 1 is 0.944 bits per heavy atom. The van der Waals surface area contributed by atoms with Crippen LogP contribution in [0.5, 0.6) is 0 Å². The Morgan fingerprint density at radius 2 is 1.69 bits per heavy atom. The number of hydrogen-bond donors (Lipinski definition) is 2. The van der Waals surface area contributed by atoms with Gasteiger partial charge in [0.1, 0.15) is 22.3 Å². The van der Waals surface area contributed by atoms with Crippen LogP contribution in [-0.4, -0.2) is 51.0 Å². The van der Waals surface area contributed by atoms with E-state index in [0.717, 1.165) is 85.9 Å². The number of hydrogen-bond acceptors (Lipinski definition) is 4. The van der Waals surface area contributed by atoms with Crippen LogP contribution in [0.3, 0.4) is 0 Å². The van der Waals surface area contributed by atoms with Crippen LogP contribution in [0.4, 0.5) is 5.69 Å². The number of nitrogens with zero attached hydrogens (tertiary/aromatic N) is 4. The third-order valence-corrected chi connectivity index (χ3v) is 7.46. The quantitative estimate of drug-likeness (QED) is 0.299. The fourth-order valence-corrected chi connectivity index (χ4v) is 5.11. The van der Waals surface area contributed by atoms with E-state index in [1.165, 1.54) is 11.3 Å². The minimum Gasteiger partial charge on any atom is -0.367 e. The Morgan fingerprint density at radius 3 is 2.39 bits per heavy atom. The van der Waals surface area contributed by atoms with Crippen LogP contribution in [-0.2, 0) is 18.4 Å². The predicted molar refractivity (Wildman–Crippen MR) is 150 cm³/mol. The van der Waals surface area contributed by atoms with Crippen molar-refractivity contribution in [1.29, 1.82) is 0 Å². The monoisotopic (exact) mass is 504 g/mol. The molecule has 2 N–H and O–H groups in total. The van der Waals surface area contributed by atoms with E-state index in [4.69, 9.17) is 21.6 Å². The Balaban J connectivity index is 1.28. The number of halogens is 1. The van der Waals surface area contributed by atoms with Gasteiger partial charge in [0.2, 0.25) is 0 Å². The van der Waals surface area contributed by atoms with Crippen molar-refractivity contribution in [2.45, 2.75) is 58.9 Å². The first-order chi connectivity index (χ1) is 17.3. The van der Waals surface area contributed by atoms with E-state index in [1.807, 2.05) is 0 Å². The van der Waals surface area contributed by atoms with Crippen LogP contribution < -0.4 is 4.90 Å². The first-order valence-corrected chi connectivity index (χ1v) is 13.5. The number of fused-ring (bicyclic) bond motifs is 1. The average molecular weight is 505 g/mol. The largest absolute Gasteiger partial charge is 0.367 e. The molecule has 5 rings (SSSR count). The standard InChI is InChI=1S/C29H37ClN6/c1-5-6-10-25-31-23(27(30)33-25)19-35-15-17-36(18-16-35)24-9-7-8-22-26(24)34-28(32-22)20-11-13-21(14-12-20)29(2,3)4/h7-9,11-14H,5-6,10,15-19H2,1-4H3,(H,31,33)(H,32,34). The Labute approximate surface area is 219 Å². The summed E-state index contributed by atoms with van der Waals surface area (Å²) in [6.45, 7) is 13.5. The number of aromatic amines is 2. The second-order valence-electron chi connectivity index (χ2n) is 10.9. The summed E-state index contributed by atoms with van der Waals surface area (Å²) in [4.78, 5) is 21.5. The van der Waals surface area contributed by atoms with Crippen LogP contribution in [0.15, 0.2) is 42.5 Å². The minimum atomic E-state index is 0.140. The van der Waals surface area contributed by atoms with Crippen molar-refractivity contribution in [1.82, 2.24) is 24.8 Å². The molecule has 0 amide bonds. The molecule has 6 nitrogen and oxygen atoms in total. The molecule has 190 valence electrons. The van der Waals surface area contributed by atoms with Crippen LogP contribution in [0.25, 0.3) is 22.4 Å². The van der Waals surface area contributed by atoms with Crippen molar-refractivity contribution in [3.63, 3.8) is 0 Å². The second-order valence-corrected chi connectivity index (χ2v) is 11.3. The lowest BCUT2D eigenvalue weighted by atomic mass is 9.87. The first kappa shape index (κ1) is 24.8. The zero-order valence-corrected chi connectivity index (χ0v) is 22.6. The van der Waals surface area contributed by atoms with Gasteiger partial charge >= 0.3 is 0 Å². The molecule has 1 saturated heterocycles. The van der Waals surface area contributed by atoms with Gasteiger partial charge in [-0.15, -0.1) is 0 Å². The van der Waals surface area contributed by atoms with Gasteiger partial charge in [0, 0.05) is 44.7 Å². The molecule has 0 unspecified atom stereocenters. The van der Waals surface area contributed by atoms with Gasteiger partial charge in [-0.2, -0.15) is 0 Å². The average Bonchev–Trinajstić information content (AvgIpc) is 3.46. The van der Waals surface area contributed by atoms with Crippen LogP contribution >= 0.6 is 11.6 Å². The van der Waals surface area contributed by atoms with Crippen molar-refractivity contribution >= 4 is 28.3 Å². The van der Waals surface area contributed by atoms with E-state index in [0.29, 0.717) is 5.15 Å². The molecule has 0 aliphatic carbocycles. The zero-order chi connectivity index (χ0) is 25.3. The number of anilines is 1. The fraction of sp³-hybridized carbons (Fsp3) is 0.448. The number of aryl methyl sites for hydroxylation is 1. The van der Waals surface area contributed by atoms with Crippen molar-refractivity contribution in [3.8, 4) is 11.4 Å². The molecule has 0 bridgehead atoms. The van der Waals surface area contributed by atoms with E-state index < -0.39 is 0 Å². The molecular weight excluding hydrogens is 468 g/mol. The molecule has 0 atom stereocenters. The molecule has 0 saturated carbocycles. The SMILES string of the molecule is CCCCc1nc(CN2CCN(c3cccc4[nH]c(-c5ccc(C(C)(C)C)cc5)nc34)CC2)c(Cl)[nH]1. The number of benzene rings is 2. The molecule has 4 aromatic rings. The number of piperazine rings is 1. The van der Waals surface area contributed by atoms with Gasteiger partial charge in [-0.3, -0.25) is 4.90 Å². The van der Waals surface area contributed by atoms with Crippen LogP contribution in [0.1, 0.15) is 57.6 Å². The highest BCUT2D eigenvalue weighted by Crippen LogP contribution is 2.30. The van der Waals surface area contributed by atoms with Crippen molar-refractivity contribution in [2.75, 3.05) is 31.1 Å². The third-order valence-electron chi connectivity index (χ3n) is 7.15. The Kier molecular flexibility index (Phi) is 7.09. The topological polar surface area (TPSA) is 63.8 Å². The first-order valence-electron chi connectivity index (χ1n) is 13.1. The number of aromatic nitrogens is 4. The maximum atomic E-state index is 6.45. The summed E-state index contributed by atoms with van der Waals surface area (Å²) >= 11 is 6.45. The molecule has 7 heteroatoms. The molecule has 1 aliphatic rings. The lowest BCUT2D eigenvalue weighted by molar-refractivity contribution is 0.247. The lowest BCUT2D eigenvalue weighted by Crippen LogP contribution is -2.46. The van der Waals surface area contributed by atoms with Crippen LogP contribution in [0, 0.1) is 0 Å². The van der Waals surface area contributed by atoms with E-state index in [9.17, 15) is 0 Å². The summed E-state index contributed by atoms with van der Waals surface area (Å²) in [5.41, 5.74) is 6.86. The summed E-state index contributed by atoms with van der Waals surface area (Å²) in [5, 5.41) is 0.688. The van der Waals surface area contributed by atoms with Crippen molar-refractivity contribution in [2.24, 2.45) is 0 Å². The number of nitrogens with one attached hydrogen (secondary N) is 2. The minimum absolute atomic E-state index is 0.140. The zero-order valence-electron chi connectivity index (χ0n) is 21.9. The van der Waals surface area contributed by atoms with Gasteiger partial charge in [-0.1, -0.05) is 76.0 Å². The van der Waals surface area contributed by atoms with Gasteiger partial charge in [-0.25, -0.2) is 9.97 Å². The number of para-hydroxylation sites is 1. The third kappa shape index (κ3) is 5.30. The lowest BCUT2D eigenvalue weighted by Gasteiger charge is -2.35.